The van der Waals surface area contributed by atoms with Crippen LogP contribution in [-0.2, 0) is 14.8 Å². The molecule has 1 aromatic carbocycles. The van der Waals surface area contributed by atoms with Gasteiger partial charge in [0.25, 0.3) is 5.91 Å². The maximum Gasteiger partial charge on any atom is 0.321 e. The molecule has 0 aliphatic carbocycles. The van der Waals surface area contributed by atoms with Gasteiger partial charge >= 0.3 is 5.97 Å². The van der Waals surface area contributed by atoms with Crippen LogP contribution >= 0.6 is 11.6 Å². The number of halogens is 1. The summed E-state index contributed by atoms with van der Waals surface area (Å²) in [6.07, 6.45) is 0.647. The minimum atomic E-state index is -4.14. The minimum Gasteiger partial charge on any atom is -0.480 e. The topological polar surface area (TPSA) is 113 Å². The lowest BCUT2D eigenvalue weighted by Crippen LogP contribution is -2.40. The lowest BCUT2D eigenvalue weighted by molar-refractivity contribution is -0.139. The van der Waals surface area contributed by atoms with Gasteiger partial charge in [-0.2, -0.15) is 4.72 Å². The Morgan fingerprint density at radius 3 is 2.43 bits per heavy atom. The third-order valence-electron chi connectivity index (χ3n) is 3.25. The highest BCUT2D eigenvalue weighted by molar-refractivity contribution is 7.89. The highest BCUT2D eigenvalue weighted by Crippen LogP contribution is 2.25. The van der Waals surface area contributed by atoms with Crippen LogP contribution in [0.25, 0.3) is 0 Å². The van der Waals surface area contributed by atoms with Crippen molar-refractivity contribution >= 4 is 33.5 Å². The van der Waals surface area contributed by atoms with Crippen LogP contribution in [0.5, 0.6) is 0 Å². The number of sulfonamides is 1. The van der Waals surface area contributed by atoms with Crippen molar-refractivity contribution in [3.63, 3.8) is 0 Å². The minimum absolute atomic E-state index is 0.0749. The Morgan fingerprint density at radius 2 is 1.96 bits per heavy atom. The van der Waals surface area contributed by atoms with Crippen molar-refractivity contribution in [1.29, 1.82) is 0 Å². The third kappa shape index (κ3) is 4.66. The van der Waals surface area contributed by atoms with Crippen molar-refractivity contribution in [2.75, 3.05) is 7.05 Å². The lowest BCUT2D eigenvalue weighted by atomic mass is 10.1. The first-order valence-electron chi connectivity index (χ1n) is 6.91. The molecule has 0 fully saturated rings. The summed E-state index contributed by atoms with van der Waals surface area (Å²) in [7, 11) is -2.73. The molecule has 1 atom stereocenters. The predicted octanol–water partition coefficient (Wildman–Crippen LogP) is 1.54. The van der Waals surface area contributed by atoms with E-state index >= 15 is 0 Å². The number of hydrogen-bond acceptors (Lipinski definition) is 4. The van der Waals surface area contributed by atoms with Gasteiger partial charge < -0.3 is 10.4 Å². The van der Waals surface area contributed by atoms with E-state index in [9.17, 15) is 18.0 Å². The molecular weight excluding hydrogens is 344 g/mol. The molecule has 0 bridgehead atoms. The number of amides is 1. The standard InChI is InChI=1S/C14H19ClN2O5S/c1-4-5-11(14(19)20)17-23(21,22)12-7-9(13(18)16-3)6-10(15)8(12)2/h6-7,11,17H,4-5H2,1-3H3,(H,16,18)(H,19,20). The van der Waals surface area contributed by atoms with Gasteiger partial charge in [0.2, 0.25) is 10.0 Å². The summed E-state index contributed by atoms with van der Waals surface area (Å²) >= 11 is 6.00. The molecule has 9 heteroatoms. The van der Waals surface area contributed by atoms with Gasteiger partial charge in [-0.05, 0) is 31.0 Å². The Kier molecular flexibility index (Phi) is 6.55. The van der Waals surface area contributed by atoms with E-state index < -0.39 is 27.9 Å². The second kappa shape index (κ2) is 7.76. The number of nitrogens with one attached hydrogen (secondary N) is 2. The van der Waals surface area contributed by atoms with E-state index in [4.69, 9.17) is 16.7 Å². The fourth-order valence-electron chi connectivity index (χ4n) is 1.98. The number of benzene rings is 1. The highest BCUT2D eigenvalue weighted by atomic mass is 35.5. The molecule has 1 rings (SSSR count). The number of aliphatic carboxylic acids is 1. The van der Waals surface area contributed by atoms with Crippen LogP contribution in [0.2, 0.25) is 5.02 Å². The summed E-state index contributed by atoms with van der Waals surface area (Å²) in [6.45, 7) is 3.23. The maximum atomic E-state index is 12.5. The molecule has 0 radical (unpaired) electrons. The van der Waals surface area contributed by atoms with E-state index in [1.807, 2.05) is 0 Å². The third-order valence-corrected chi connectivity index (χ3v) is 5.24. The van der Waals surface area contributed by atoms with Gasteiger partial charge in [0.15, 0.2) is 0 Å². The van der Waals surface area contributed by atoms with Crippen LogP contribution < -0.4 is 10.0 Å². The summed E-state index contributed by atoms with van der Waals surface area (Å²) in [5, 5.41) is 11.6. The molecule has 0 saturated heterocycles. The number of carbonyl (C=O) groups is 2. The van der Waals surface area contributed by atoms with Gasteiger partial charge in [-0.25, -0.2) is 8.42 Å². The van der Waals surface area contributed by atoms with Crippen LogP contribution in [0.3, 0.4) is 0 Å². The quantitative estimate of drug-likeness (QED) is 0.681. The van der Waals surface area contributed by atoms with E-state index in [1.54, 1.807) is 6.92 Å². The molecular formula is C14H19ClN2O5S. The van der Waals surface area contributed by atoms with Crippen LogP contribution in [0, 0.1) is 6.92 Å². The Balaban J connectivity index is 3.34. The summed E-state index contributed by atoms with van der Waals surface area (Å²) in [4.78, 5) is 22.6. The molecule has 1 unspecified atom stereocenters. The smallest absolute Gasteiger partial charge is 0.321 e. The lowest BCUT2D eigenvalue weighted by Gasteiger charge is -2.16. The summed E-state index contributed by atoms with van der Waals surface area (Å²) in [5.41, 5.74) is 0.318. The Bertz CT molecular complexity index is 718. The zero-order valence-electron chi connectivity index (χ0n) is 13.0. The zero-order valence-corrected chi connectivity index (χ0v) is 14.6. The van der Waals surface area contributed by atoms with Crippen molar-refractivity contribution in [3.05, 3.63) is 28.3 Å². The Labute approximate surface area is 140 Å². The van der Waals surface area contributed by atoms with E-state index in [0.717, 1.165) is 0 Å². The van der Waals surface area contributed by atoms with Gasteiger partial charge in [0, 0.05) is 17.6 Å². The molecule has 0 aromatic heterocycles. The molecule has 23 heavy (non-hydrogen) atoms. The van der Waals surface area contributed by atoms with Crippen molar-refractivity contribution in [2.45, 2.75) is 37.6 Å². The summed E-state index contributed by atoms with van der Waals surface area (Å²) in [6, 6.07) is 1.29. The van der Waals surface area contributed by atoms with Crippen molar-refractivity contribution < 1.29 is 23.1 Å². The van der Waals surface area contributed by atoms with Gasteiger partial charge in [-0.1, -0.05) is 24.9 Å². The van der Waals surface area contributed by atoms with Crippen molar-refractivity contribution in [1.82, 2.24) is 10.0 Å². The molecule has 0 heterocycles. The highest BCUT2D eigenvalue weighted by Gasteiger charge is 2.27. The van der Waals surface area contributed by atoms with E-state index in [-0.39, 0.29) is 27.5 Å². The maximum absolute atomic E-state index is 12.5. The largest absolute Gasteiger partial charge is 0.480 e. The van der Waals surface area contributed by atoms with E-state index in [1.165, 1.54) is 26.1 Å². The van der Waals surface area contributed by atoms with Crippen molar-refractivity contribution in [3.8, 4) is 0 Å². The zero-order chi connectivity index (χ0) is 17.8. The number of carboxylic acids is 1. The average Bonchev–Trinajstić information content (AvgIpc) is 2.48. The molecule has 0 aliphatic heterocycles. The number of carboxylic acid groups (broad SMARTS) is 1. The predicted molar refractivity (Wildman–Crippen MR) is 86.2 cm³/mol. The molecule has 1 amide bonds. The first-order chi connectivity index (χ1) is 10.6. The van der Waals surface area contributed by atoms with Gasteiger partial charge in [-0.15, -0.1) is 0 Å². The summed E-state index contributed by atoms with van der Waals surface area (Å²) < 4.78 is 27.1. The first-order valence-corrected chi connectivity index (χ1v) is 8.77. The molecule has 0 spiro atoms. The fourth-order valence-corrected chi connectivity index (χ4v) is 3.77. The molecule has 1 aromatic rings. The fraction of sp³-hybridized carbons (Fsp3) is 0.429. The van der Waals surface area contributed by atoms with Gasteiger partial charge in [-0.3, -0.25) is 9.59 Å². The molecule has 7 nitrogen and oxygen atoms in total. The van der Waals surface area contributed by atoms with Crippen LogP contribution in [-0.4, -0.2) is 38.5 Å². The van der Waals surface area contributed by atoms with Crippen LogP contribution in [0.1, 0.15) is 35.7 Å². The normalized spacial score (nSPS) is 12.7. The second-order valence-electron chi connectivity index (χ2n) is 4.96. The van der Waals surface area contributed by atoms with Crippen LogP contribution in [0.15, 0.2) is 17.0 Å². The van der Waals surface area contributed by atoms with Crippen molar-refractivity contribution in [2.24, 2.45) is 0 Å². The molecule has 3 N–H and O–H groups in total. The van der Waals surface area contributed by atoms with Gasteiger partial charge in [0.1, 0.15) is 6.04 Å². The molecule has 128 valence electrons. The Hall–Kier alpha value is -1.64. The SMILES string of the molecule is CCCC(NS(=O)(=O)c1cc(C(=O)NC)cc(Cl)c1C)C(=O)O. The number of hydrogen-bond donors (Lipinski definition) is 3. The van der Waals surface area contributed by atoms with Crippen LogP contribution in [0.4, 0.5) is 0 Å². The molecule has 0 aliphatic rings. The first kappa shape index (κ1) is 19.4. The monoisotopic (exact) mass is 362 g/mol. The second-order valence-corrected chi connectivity index (χ2v) is 7.05. The van der Waals surface area contributed by atoms with E-state index in [2.05, 4.69) is 10.0 Å². The average molecular weight is 363 g/mol. The molecule has 0 saturated carbocycles. The Morgan fingerprint density at radius 1 is 1.35 bits per heavy atom. The summed E-state index contributed by atoms with van der Waals surface area (Å²) in [5.74, 6) is -1.76. The number of carbonyl (C=O) groups excluding carboxylic acids is 1. The van der Waals surface area contributed by atoms with Gasteiger partial charge in [0.05, 0.1) is 4.90 Å². The number of rotatable bonds is 7. The van der Waals surface area contributed by atoms with E-state index in [0.29, 0.717) is 6.42 Å².